The lowest BCUT2D eigenvalue weighted by atomic mass is 10.1. The van der Waals surface area contributed by atoms with Crippen molar-refractivity contribution in [2.75, 3.05) is 27.3 Å². The van der Waals surface area contributed by atoms with Gasteiger partial charge in [0.2, 0.25) is 11.8 Å². The Morgan fingerprint density at radius 3 is 2.87 bits per heavy atom. The van der Waals surface area contributed by atoms with E-state index < -0.39 is 0 Å². The van der Waals surface area contributed by atoms with Gasteiger partial charge in [-0.3, -0.25) is 9.59 Å². The minimum Gasteiger partial charge on any atom is -0.383 e. The summed E-state index contributed by atoms with van der Waals surface area (Å²) in [5, 5.41) is 7.95. The van der Waals surface area contributed by atoms with E-state index in [0.29, 0.717) is 32.1 Å². The number of carbonyl (C=O) groups excluding carboxylic acids is 2. The van der Waals surface area contributed by atoms with Crippen molar-refractivity contribution in [3.05, 3.63) is 12.2 Å². The third kappa shape index (κ3) is 4.07. The van der Waals surface area contributed by atoms with E-state index >= 15 is 0 Å². The number of hydrogen-bond donors (Lipinski definition) is 0. The Morgan fingerprint density at radius 1 is 1.52 bits per heavy atom. The summed E-state index contributed by atoms with van der Waals surface area (Å²) in [5.74, 6) is 0.464. The second kappa shape index (κ2) is 7.54. The van der Waals surface area contributed by atoms with Crippen LogP contribution in [0.4, 0.5) is 0 Å². The third-order valence-corrected chi connectivity index (χ3v) is 4.12. The number of ether oxygens (including phenoxy) is 1. The van der Waals surface area contributed by atoms with Crippen molar-refractivity contribution >= 4 is 11.8 Å². The maximum atomic E-state index is 12.6. The van der Waals surface area contributed by atoms with Crippen LogP contribution in [0.5, 0.6) is 0 Å². The van der Waals surface area contributed by atoms with Crippen LogP contribution < -0.4 is 0 Å². The Hall–Kier alpha value is -1.96. The van der Waals surface area contributed by atoms with Crippen LogP contribution in [0.15, 0.2) is 6.33 Å². The summed E-state index contributed by atoms with van der Waals surface area (Å²) in [6, 6.07) is 0.128. The number of rotatable bonds is 7. The fourth-order valence-electron chi connectivity index (χ4n) is 2.78. The van der Waals surface area contributed by atoms with Gasteiger partial charge in [-0.15, -0.1) is 10.2 Å². The topological polar surface area (TPSA) is 80.6 Å². The van der Waals surface area contributed by atoms with Crippen LogP contribution in [0, 0.1) is 5.92 Å². The van der Waals surface area contributed by atoms with E-state index in [2.05, 4.69) is 10.2 Å². The largest absolute Gasteiger partial charge is 0.383 e. The number of aromatic nitrogens is 3. The fourth-order valence-corrected chi connectivity index (χ4v) is 2.78. The number of likely N-dealkylation sites (tertiary alicyclic amines) is 1. The molecule has 0 radical (unpaired) electrons. The first-order valence-corrected chi connectivity index (χ1v) is 7.84. The molecule has 2 rings (SSSR count). The number of methoxy groups -OCH3 is 1. The number of hydrogen-bond acceptors (Lipinski definition) is 5. The highest BCUT2D eigenvalue weighted by atomic mass is 16.5. The van der Waals surface area contributed by atoms with Gasteiger partial charge in [0.1, 0.15) is 6.33 Å². The molecule has 1 aromatic heterocycles. The molecule has 1 fully saturated rings. The minimum absolute atomic E-state index is 0.0252. The van der Waals surface area contributed by atoms with Crippen LogP contribution in [-0.2, 0) is 27.4 Å². The molecule has 2 heterocycles. The molecule has 1 aliphatic heterocycles. The highest BCUT2D eigenvalue weighted by molar-refractivity contribution is 5.89. The summed E-state index contributed by atoms with van der Waals surface area (Å²) in [6.07, 6.45) is 1.92. The molecule has 128 valence electrons. The Labute approximate surface area is 136 Å². The average molecular weight is 323 g/mol. The number of carbonyl (C=O) groups is 2. The number of nitrogens with zero attached hydrogens (tertiary/aromatic N) is 5. The van der Waals surface area contributed by atoms with E-state index in [9.17, 15) is 9.59 Å². The first-order valence-electron chi connectivity index (χ1n) is 7.84. The highest BCUT2D eigenvalue weighted by Gasteiger charge is 2.36. The van der Waals surface area contributed by atoms with Gasteiger partial charge in [-0.25, -0.2) is 0 Å². The molecular weight excluding hydrogens is 298 g/mol. The molecule has 0 bridgehead atoms. The van der Waals surface area contributed by atoms with E-state index in [0.717, 1.165) is 0 Å². The molecule has 8 heteroatoms. The molecular formula is C15H25N5O3. The van der Waals surface area contributed by atoms with Gasteiger partial charge >= 0.3 is 0 Å². The Bertz CT molecular complexity index is 557. The molecule has 0 spiro atoms. The second-order valence-electron chi connectivity index (χ2n) is 6.17. The standard InChI is InChI=1S/C15H25N5O3/c1-11(2)20-8-12(7-14(20)21)15(22)18(3)9-13-17-16-10-19(13)5-6-23-4/h10-12H,5-9H2,1-4H3. The lowest BCUT2D eigenvalue weighted by Gasteiger charge is -2.23. The molecule has 1 atom stereocenters. The lowest BCUT2D eigenvalue weighted by Crippen LogP contribution is -2.36. The SMILES string of the molecule is COCCn1cnnc1CN(C)C(=O)C1CC(=O)N(C(C)C)C1. The van der Waals surface area contributed by atoms with Crippen LogP contribution in [0.1, 0.15) is 26.1 Å². The summed E-state index contributed by atoms with van der Waals surface area (Å²) in [5.41, 5.74) is 0. The first kappa shape index (κ1) is 17.4. The van der Waals surface area contributed by atoms with Crippen LogP contribution in [0.25, 0.3) is 0 Å². The van der Waals surface area contributed by atoms with Crippen molar-refractivity contribution in [1.29, 1.82) is 0 Å². The summed E-state index contributed by atoms with van der Waals surface area (Å²) >= 11 is 0. The minimum atomic E-state index is -0.273. The Morgan fingerprint density at radius 2 is 2.26 bits per heavy atom. The summed E-state index contributed by atoms with van der Waals surface area (Å²) < 4.78 is 6.92. The zero-order chi connectivity index (χ0) is 17.0. The van der Waals surface area contributed by atoms with E-state index in [-0.39, 0.29) is 30.2 Å². The van der Waals surface area contributed by atoms with E-state index in [4.69, 9.17) is 4.74 Å². The fraction of sp³-hybridized carbons (Fsp3) is 0.733. The predicted octanol–water partition coefficient (Wildman–Crippen LogP) is 0.140. The Kier molecular flexibility index (Phi) is 5.70. The van der Waals surface area contributed by atoms with Crippen molar-refractivity contribution in [2.24, 2.45) is 5.92 Å². The maximum absolute atomic E-state index is 12.6. The summed E-state index contributed by atoms with van der Waals surface area (Å²) in [6.45, 7) is 6.00. The quantitative estimate of drug-likeness (QED) is 0.713. The third-order valence-electron chi connectivity index (χ3n) is 4.12. The van der Waals surface area contributed by atoms with Crippen molar-refractivity contribution in [3.8, 4) is 0 Å². The zero-order valence-electron chi connectivity index (χ0n) is 14.2. The van der Waals surface area contributed by atoms with Crippen LogP contribution in [0.3, 0.4) is 0 Å². The smallest absolute Gasteiger partial charge is 0.228 e. The summed E-state index contributed by atoms with van der Waals surface area (Å²) in [4.78, 5) is 27.9. The monoisotopic (exact) mass is 323 g/mol. The van der Waals surface area contributed by atoms with Crippen molar-refractivity contribution in [2.45, 2.75) is 39.4 Å². The molecule has 2 amide bonds. The van der Waals surface area contributed by atoms with Gasteiger partial charge in [0.05, 0.1) is 19.1 Å². The van der Waals surface area contributed by atoms with Crippen LogP contribution in [0.2, 0.25) is 0 Å². The molecule has 1 aromatic rings. The summed E-state index contributed by atoms with van der Waals surface area (Å²) in [7, 11) is 3.37. The van der Waals surface area contributed by atoms with E-state index in [1.54, 1.807) is 30.3 Å². The second-order valence-corrected chi connectivity index (χ2v) is 6.17. The van der Waals surface area contributed by atoms with Gasteiger partial charge in [-0.2, -0.15) is 0 Å². The van der Waals surface area contributed by atoms with Gasteiger partial charge in [0, 0.05) is 39.7 Å². The van der Waals surface area contributed by atoms with Gasteiger partial charge in [-0.1, -0.05) is 0 Å². The highest BCUT2D eigenvalue weighted by Crippen LogP contribution is 2.22. The van der Waals surface area contributed by atoms with Crippen LogP contribution in [-0.4, -0.2) is 69.7 Å². The van der Waals surface area contributed by atoms with E-state index in [1.807, 2.05) is 18.4 Å². The van der Waals surface area contributed by atoms with Gasteiger partial charge in [-0.05, 0) is 13.8 Å². The van der Waals surface area contributed by atoms with Gasteiger partial charge < -0.3 is 19.1 Å². The predicted molar refractivity (Wildman–Crippen MR) is 83.3 cm³/mol. The molecule has 1 saturated heterocycles. The molecule has 0 N–H and O–H groups in total. The lowest BCUT2D eigenvalue weighted by molar-refractivity contribution is -0.135. The number of amides is 2. The molecule has 0 aliphatic carbocycles. The molecule has 0 saturated carbocycles. The molecule has 0 aromatic carbocycles. The maximum Gasteiger partial charge on any atom is 0.228 e. The molecule has 23 heavy (non-hydrogen) atoms. The molecule has 1 unspecified atom stereocenters. The van der Waals surface area contributed by atoms with Gasteiger partial charge in [0.15, 0.2) is 5.82 Å². The molecule has 1 aliphatic rings. The van der Waals surface area contributed by atoms with E-state index in [1.165, 1.54) is 0 Å². The van der Waals surface area contributed by atoms with Crippen LogP contribution >= 0.6 is 0 Å². The van der Waals surface area contributed by atoms with Crippen molar-refractivity contribution in [3.63, 3.8) is 0 Å². The Balaban J connectivity index is 1.96. The average Bonchev–Trinajstić information content (AvgIpc) is 3.10. The van der Waals surface area contributed by atoms with Crippen molar-refractivity contribution in [1.82, 2.24) is 24.6 Å². The van der Waals surface area contributed by atoms with Gasteiger partial charge in [0.25, 0.3) is 0 Å². The first-order chi connectivity index (χ1) is 10.9. The van der Waals surface area contributed by atoms with Crippen molar-refractivity contribution < 1.29 is 14.3 Å². The molecule has 8 nitrogen and oxygen atoms in total. The normalized spacial score (nSPS) is 18.0. The zero-order valence-corrected chi connectivity index (χ0v) is 14.2.